The standard InChI is InChI=1S/C30H43ClN2O3S.C5H4FN.3C2H6/c1-7-24-16-26(31)12-14-27(24)21(4)17-33-18-25-11-13-28(25)29(34)10-8-9-19(2)23(6)37(36)32-30(35)20(3)15-22(33)5;6-5-2-1-3-7-4-5;3*1-2/h8,10,12,14-16,19,21,23,25,28-29,34H,5,7,9,11,13,17-18H2,1-4,6H3,(H,32,35);1-4H;3*1-2H3/b10-8+,20-15+;;;;. The Kier molecular flexibility index (Phi) is 24.6. The molecule has 4 rings (SSSR count). The second-order valence-electron chi connectivity index (χ2n) is 12.1. The number of hydrogen-bond acceptors (Lipinski definition) is 5. The van der Waals surface area contributed by atoms with E-state index in [2.05, 4.69) is 41.1 Å². The number of aryl methyl sites for hydroxylation is 1. The Morgan fingerprint density at radius 3 is 2.32 bits per heavy atom. The van der Waals surface area contributed by atoms with Crippen molar-refractivity contribution in [1.82, 2.24) is 14.6 Å². The lowest BCUT2D eigenvalue weighted by Crippen LogP contribution is -2.43. The molecule has 1 saturated carbocycles. The van der Waals surface area contributed by atoms with Crippen molar-refractivity contribution < 1.29 is 18.5 Å². The Hall–Kier alpha value is -2.81. The molecule has 7 unspecified atom stereocenters. The number of aliphatic hydroxyl groups excluding tert-OH is 1. The summed E-state index contributed by atoms with van der Waals surface area (Å²) in [4.78, 5) is 18.6. The van der Waals surface area contributed by atoms with E-state index in [0.717, 1.165) is 43.1 Å². The highest BCUT2D eigenvalue weighted by atomic mass is 35.5. The zero-order valence-electron chi connectivity index (χ0n) is 32.5. The Bertz CT molecular complexity index is 1350. The molecule has 9 heteroatoms. The van der Waals surface area contributed by atoms with Crippen LogP contribution in [0.3, 0.4) is 0 Å². The number of nitrogens with zero attached hydrogens (tertiary/aromatic N) is 2. The van der Waals surface area contributed by atoms with Gasteiger partial charge in [-0.1, -0.05) is 98.7 Å². The molecule has 0 saturated heterocycles. The molecule has 7 atom stereocenters. The summed E-state index contributed by atoms with van der Waals surface area (Å²) in [5.74, 6) is 0.243. The molecular weight excluding hydrogens is 669 g/mol. The fourth-order valence-corrected chi connectivity index (χ4v) is 6.90. The molecular formula is C41H65ClFN3O3S. The third-order valence-corrected chi connectivity index (χ3v) is 10.6. The van der Waals surface area contributed by atoms with E-state index in [1.54, 1.807) is 19.1 Å². The fourth-order valence-electron chi connectivity index (χ4n) is 5.64. The van der Waals surface area contributed by atoms with Gasteiger partial charge >= 0.3 is 0 Å². The van der Waals surface area contributed by atoms with Gasteiger partial charge in [-0.2, -0.15) is 0 Å². The summed E-state index contributed by atoms with van der Waals surface area (Å²) in [6.45, 7) is 27.8. The number of carbonyl (C=O) groups is 1. The molecule has 6 nitrogen and oxygen atoms in total. The molecule has 2 aliphatic rings. The summed E-state index contributed by atoms with van der Waals surface area (Å²) < 4.78 is 27.3. The van der Waals surface area contributed by atoms with Crippen LogP contribution in [0.4, 0.5) is 4.39 Å². The van der Waals surface area contributed by atoms with E-state index in [-0.39, 0.29) is 34.7 Å². The monoisotopic (exact) mass is 733 g/mol. The number of benzene rings is 1. The van der Waals surface area contributed by atoms with Crippen LogP contribution in [0.5, 0.6) is 0 Å². The number of carbonyl (C=O) groups excluding carboxylic acids is 1. The molecule has 1 aliphatic heterocycles. The highest BCUT2D eigenvalue weighted by molar-refractivity contribution is 7.84. The number of fused-ring (bicyclic) bond motifs is 1. The first kappa shape index (κ1) is 47.2. The normalized spacial score (nSPS) is 26.0. The van der Waals surface area contributed by atoms with Crippen molar-refractivity contribution in [1.29, 1.82) is 0 Å². The molecule has 50 heavy (non-hydrogen) atoms. The Labute approximate surface area is 311 Å². The van der Waals surface area contributed by atoms with Gasteiger partial charge in [0.05, 0.1) is 17.6 Å². The van der Waals surface area contributed by atoms with Gasteiger partial charge in [0.25, 0.3) is 5.91 Å². The van der Waals surface area contributed by atoms with Gasteiger partial charge in [0.2, 0.25) is 0 Å². The van der Waals surface area contributed by atoms with E-state index in [9.17, 15) is 18.5 Å². The van der Waals surface area contributed by atoms with Crippen LogP contribution < -0.4 is 4.72 Å². The third-order valence-electron chi connectivity index (χ3n) is 8.83. The zero-order chi connectivity index (χ0) is 38.4. The molecule has 282 valence electrons. The quantitative estimate of drug-likeness (QED) is 0.306. The van der Waals surface area contributed by atoms with Gasteiger partial charge in [0.1, 0.15) is 16.8 Å². The van der Waals surface area contributed by atoms with Gasteiger partial charge < -0.3 is 10.0 Å². The second kappa shape index (κ2) is 26.0. The SMILES string of the molecule is C=C1/C=C(\C)C(=O)NS(=O)C(C)C(C)C/C=C/C(O)C2CCC2CN1CC(C)c1ccc(Cl)cc1CC.CC.CC.CC.Fc1cccnc1. The van der Waals surface area contributed by atoms with Gasteiger partial charge in [0.15, 0.2) is 0 Å². The van der Waals surface area contributed by atoms with Crippen molar-refractivity contribution in [3.8, 4) is 0 Å². The van der Waals surface area contributed by atoms with Crippen LogP contribution in [0.1, 0.15) is 112 Å². The molecule has 0 radical (unpaired) electrons. The lowest BCUT2D eigenvalue weighted by atomic mass is 9.70. The fraction of sp³-hybridized carbons (Fsp3) is 0.561. The van der Waals surface area contributed by atoms with E-state index in [1.807, 2.05) is 79.7 Å². The molecule has 2 heterocycles. The molecule has 0 spiro atoms. The summed E-state index contributed by atoms with van der Waals surface area (Å²) in [5, 5.41) is 11.5. The molecule has 1 fully saturated rings. The van der Waals surface area contributed by atoms with Crippen molar-refractivity contribution in [2.24, 2.45) is 17.8 Å². The van der Waals surface area contributed by atoms with E-state index in [4.69, 9.17) is 11.6 Å². The summed E-state index contributed by atoms with van der Waals surface area (Å²) in [5.41, 5.74) is 3.73. The number of rotatable bonds is 4. The maximum Gasteiger partial charge on any atom is 0.258 e. The zero-order valence-corrected chi connectivity index (χ0v) is 34.1. The highest BCUT2D eigenvalue weighted by Gasteiger charge is 2.36. The maximum atomic E-state index is 12.9. The van der Waals surface area contributed by atoms with Crippen molar-refractivity contribution >= 4 is 28.5 Å². The van der Waals surface area contributed by atoms with Crippen LogP contribution in [0.25, 0.3) is 0 Å². The van der Waals surface area contributed by atoms with Gasteiger partial charge in [-0.3, -0.25) is 14.5 Å². The topological polar surface area (TPSA) is 82.5 Å². The molecule has 2 N–H and O–H groups in total. The van der Waals surface area contributed by atoms with E-state index in [1.165, 1.54) is 29.6 Å². The number of nitrogens with one attached hydrogen (secondary N) is 1. The molecule has 1 aromatic heterocycles. The van der Waals surface area contributed by atoms with Gasteiger partial charge in [-0.15, -0.1) is 0 Å². The van der Waals surface area contributed by atoms with Crippen LogP contribution in [-0.4, -0.2) is 49.5 Å². The Morgan fingerprint density at radius 1 is 1.14 bits per heavy atom. The van der Waals surface area contributed by atoms with E-state index >= 15 is 0 Å². The van der Waals surface area contributed by atoms with Crippen LogP contribution in [-0.2, 0) is 22.2 Å². The average Bonchev–Trinajstić information content (AvgIpc) is 3.11. The van der Waals surface area contributed by atoms with Crippen LogP contribution in [0.15, 0.2) is 78.8 Å². The number of amides is 1. The van der Waals surface area contributed by atoms with Crippen molar-refractivity contribution in [2.75, 3.05) is 13.1 Å². The molecule has 1 aliphatic carbocycles. The van der Waals surface area contributed by atoms with E-state index in [0.29, 0.717) is 17.9 Å². The summed E-state index contributed by atoms with van der Waals surface area (Å²) in [6, 6.07) is 8.99. The third kappa shape index (κ3) is 15.6. The van der Waals surface area contributed by atoms with Crippen LogP contribution in [0, 0.1) is 23.6 Å². The second-order valence-corrected chi connectivity index (χ2v) is 14.0. The minimum Gasteiger partial charge on any atom is -0.389 e. The van der Waals surface area contributed by atoms with Crippen molar-refractivity contribution in [3.63, 3.8) is 0 Å². The van der Waals surface area contributed by atoms with Crippen molar-refractivity contribution in [2.45, 2.75) is 119 Å². The molecule has 2 aromatic rings. The molecule has 1 aromatic carbocycles. The van der Waals surface area contributed by atoms with Gasteiger partial charge in [-0.25, -0.2) is 8.60 Å². The molecule has 0 bridgehead atoms. The first-order chi connectivity index (χ1) is 23.9. The first-order valence-corrected chi connectivity index (χ1v) is 20.0. The summed E-state index contributed by atoms with van der Waals surface area (Å²) >= 11 is 6.26. The minimum absolute atomic E-state index is 0.104. The first-order valence-electron chi connectivity index (χ1n) is 18.4. The smallest absolute Gasteiger partial charge is 0.258 e. The van der Waals surface area contributed by atoms with Crippen LogP contribution in [0.2, 0.25) is 5.02 Å². The predicted octanol–water partition coefficient (Wildman–Crippen LogP) is 10.2. The summed E-state index contributed by atoms with van der Waals surface area (Å²) in [6.07, 6.45) is 11.6. The number of allylic oxidation sites excluding steroid dienone is 2. The number of halogens is 2. The summed E-state index contributed by atoms with van der Waals surface area (Å²) in [7, 11) is -1.51. The van der Waals surface area contributed by atoms with Crippen LogP contribution >= 0.6 is 11.6 Å². The lowest BCUT2D eigenvalue weighted by molar-refractivity contribution is -0.115. The number of pyridine rings is 1. The number of aliphatic hydroxyl groups is 1. The van der Waals surface area contributed by atoms with Gasteiger partial charge in [-0.05, 0) is 105 Å². The maximum absolute atomic E-state index is 12.9. The van der Waals surface area contributed by atoms with Gasteiger partial charge in [0, 0.05) is 35.6 Å². The average molecular weight is 735 g/mol. The highest BCUT2D eigenvalue weighted by Crippen LogP contribution is 2.39. The largest absolute Gasteiger partial charge is 0.389 e. The lowest BCUT2D eigenvalue weighted by Gasteiger charge is -2.43. The van der Waals surface area contributed by atoms with Crippen molar-refractivity contribution in [3.05, 3.63) is 101 Å². The minimum atomic E-state index is -1.51. The number of hydrogen-bond donors (Lipinski definition) is 2. The number of aromatic nitrogens is 1. The Balaban J connectivity index is 0.00000158. The predicted molar refractivity (Wildman–Crippen MR) is 213 cm³/mol. The van der Waals surface area contributed by atoms with E-state index < -0.39 is 17.1 Å². The Morgan fingerprint density at radius 2 is 1.80 bits per heavy atom. The molecule has 1 amide bonds.